The fourth-order valence-corrected chi connectivity index (χ4v) is 2.06. The quantitative estimate of drug-likeness (QED) is 0.930. The van der Waals surface area contributed by atoms with E-state index in [1.54, 1.807) is 51.4 Å². The van der Waals surface area contributed by atoms with Gasteiger partial charge >= 0.3 is 5.97 Å². The van der Waals surface area contributed by atoms with Crippen molar-refractivity contribution in [3.8, 4) is 11.4 Å². The van der Waals surface area contributed by atoms with Gasteiger partial charge in [-0.15, -0.1) is 0 Å². The number of nitrogens with zero attached hydrogens (tertiary/aromatic N) is 2. The number of ether oxygens (including phenoxy) is 1. The van der Waals surface area contributed by atoms with E-state index in [1.165, 1.54) is 4.57 Å². The summed E-state index contributed by atoms with van der Waals surface area (Å²) in [5, 5.41) is 9.32. The highest BCUT2D eigenvalue weighted by molar-refractivity contribution is 5.90. The van der Waals surface area contributed by atoms with Crippen LogP contribution in [0.3, 0.4) is 0 Å². The van der Waals surface area contributed by atoms with E-state index in [9.17, 15) is 14.7 Å². The maximum Gasteiger partial charge on any atom is 0.345 e. The number of rotatable bonds is 4. The zero-order chi connectivity index (χ0) is 15.6. The number of carboxylic acid groups (broad SMARTS) is 1. The maximum atomic E-state index is 12.5. The Bertz CT molecular complexity index is 720. The molecule has 2 heterocycles. The number of hydrogen-bond acceptors (Lipinski definition) is 4. The lowest BCUT2D eigenvalue weighted by molar-refractivity contribution is 0.0688. The third-order valence-electron chi connectivity index (χ3n) is 2.85. The van der Waals surface area contributed by atoms with Crippen LogP contribution in [-0.4, -0.2) is 26.7 Å². The van der Waals surface area contributed by atoms with Crippen molar-refractivity contribution in [1.29, 1.82) is 0 Å². The normalized spacial score (nSPS) is 10.7. The van der Waals surface area contributed by atoms with Crippen molar-refractivity contribution in [2.75, 3.05) is 0 Å². The summed E-state index contributed by atoms with van der Waals surface area (Å²) < 4.78 is 6.78. The van der Waals surface area contributed by atoms with Crippen molar-refractivity contribution in [3.05, 3.63) is 52.2 Å². The van der Waals surface area contributed by atoms with Crippen LogP contribution in [-0.2, 0) is 0 Å². The zero-order valence-corrected chi connectivity index (χ0v) is 12.0. The minimum atomic E-state index is -1.31. The molecule has 0 atom stereocenters. The van der Waals surface area contributed by atoms with E-state index in [4.69, 9.17) is 4.74 Å². The summed E-state index contributed by atoms with van der Waals surface area (Å²) in [7, 11) is 0. The van der Waals surface area contributed by atoms with Gasteiger partial charge in [-0.05, 0) is 32.9 Å². The molecule has 2 aromatic heterocycles. The largest absolute Gasteiger partial charge is 0.490 e. The van der Waals surface area contributed by atoms with E-state index >= 15 is 0 Å². The Morgan fingerprint density at radius 1 is 1.33 bits per heavy atom. The molecule has 0 saturated carbocycles. The van der Waals surface area contributed by atoms with Gasteiger partial charge in [0.15, 0.2) is 5.56 Å². The highest BCUT2D eigenvalue weighted by Crippen LogP contribution is 2.20. The summed E-state index contributed by atoms with van der Waals surface area (Å²) in [6.45, 7) is 5.27. The van der Waals surface area contributed by atoms with Crippen LogP contribution in [0.25, 0.3) is 5.69 Å². The third-order valence-corrected chi connectivity index (χ3v) is 2.85. The van der Waals surface area contributed by atoms with E-state index in [0.717, 1.165) is 0 Å². The molecule has 0 spiro atoms. The second-order valence-electron chi connectivity index (χ2n) is 4.84. The average molecular weight is 288 g/mol. The van der Waals surface area contributed by atoms with Gasteiger partial charge < -0.3 is 9.84 Å². The first-order valence-electron chi connectivity index (χ1n) is 6.48. The fraction of sp³-hybridized carbons (Fsp3) is 0.267. The van der Waals surface area contributed by atoms with Crippen molar-refractivity contribution in [1.82, 2.24) is 9.55 Å². The second kappa shape index (κ2) is 5.78. The van der Waals surface area contributed by atoms with Gasteiger partial charge in [0.05, 0.1) is 11.8 Å². The van der Waals surface area contributed by atoms with Crippen LogP contribution >= 0.6 is 0 Å². The molecule has 0 fully saturated rings. The van der Waals surface area contributed by atoms with Gasteiger partial charge in [0.2, 0.25) is 0 Å². The van der Waals surface area contributed by atoms with E-state index in [2.05, 4.69) is 4.98 Å². The summed E-state index contributed by atoms with van der Waals surface area (Å²) in [4.78, 5) is 27.8. The van der Waals surface area contributed by atoms with E-state index in [0.29, 0.717) is 11.4 Å². The highest BCUT2D eigenvalue weighted by atomic mass is 16.5. The van der Waals surface area contributed by atoms with Crippen molar-refractivity contribution in [2.24, 2.45) is 0 Å². The molecule has 0 aliphatic heterocycles. The monoisotopic (exact) mass is 288 g/mol. The Labute approximate surface area is 121 Å². The lowest BCUT2D eigenvalue weighted by Gasteiger charge is -2.16. The van der Waals surface area contributed by atoms with Crippen LogP contribution in [0.15, 0.2) is 35.4 Å². The fourth-order valence-electron chi connectivity index (χ4n) is 2.06. The number of hydrogen-bond donors (Lipinski definition) is 1. The second-order valence-corrected chi connectivity index (χ2v) is 4.84. The number of pyridine rings is 2. The van der Waals surface area contributed by atoms with Crippen molar-refractivity contribution < 1.29 is 14.6 Å². The lowest BCUT2D eigenvalue weighted by atomic mass is 10.2. The number of aromatic carboxylic acids is 1. The molecule has 1 N–H and O–H groups in total. The van der Waals surface area contributed by atoms with Crippen LogP contribution in [0.4, 0.5) is 0 Å². The van der Waals surface area contributed by atoms with Gasteiger partial charge in [-0.2, -0.15) is 0 Å². The smallest absolute Gasteiger partial charge is 0.345 e. The maximum absolute atomic E-state index is 12.5. The molecule has 0 bridgehead atoms. The summed E-state index contributed by atoms with van der Waals surface area (Å²) in [5.74, 6) is -1.22. The third kappa shape index (κ3) is 2.94. The first-order valence-corrected chi connectivity index (χ1v) is 6.48. The molecule has 21 heavy (non-hydrogen) atoms. The van der Waals surface area contributed by atoms with Crippen LogP contribution in [0.1, 0.15) is 29.9 Å². The molecular formula is C15H16N2O4. The van der Waals surface area contributed by atoms with E-state index in [-0.39, 0.29) is 17.4 Å². The van der Waals surface area contributed by atoms with E-state index in [1.807, 2.05) is 0 Å². The molecule has 0 saturated heterocycles. The molecule has 6 nitrogen and oxygen atoms in total. The molecule has 0 aliphatic rings. The molecular weight excluding hydrogens is 272 g/mol. The van der Waals surface area contributed by atoms with Gasteiger partial charge in [-0.25, -0.2) is 4.79 Å². The topological polar surface area (TPSA) is 81.4 Å². The van der Waals surface area contributed by atoms with Crippen molar-refractivity contribution >= 4 is 5.97 Å². The highest BCUT2D eigenvalue weighted by Gasteiger charge is 2.21. The lowest BCUT2D eigenvalue weighted by Crippen LogP contribution is -2.28. The van der Waals surface area contributed by atoms with Crippen molar-refractivity contribution in [2.45, 2.75) is 26.9 Å². The Kier molecular flexibility index (Phi) is 4.07. The van der Waals surface area contributed by atoms with Crippen LogP contribution in [0.5, 0.6) is 5.75 Å². The van der Waals surface area contributed by atoms with Crippen LogP contribution in [0, 0.1) is 6.92 Å². The van der Waals surface area contributed by atoms with Gasteiger partial charge in [0.1, 0.15) is 5.75 Å². The van der Waals surface area contributed by atoms with Gasteiger partial charge in [-0.1, -0.05) is 0 Å². The predicted octanol–water partition coefficient (Wildman–Crippen LogP) is 2.03. The summed E-state index contributed by atoms with van der Waals surface area (Å²) >= 11 is 0. The SMILES string of the molecule is Cc1cc(OC(C)C)c(C(=O)O)c(=O)n1-c1ccncc1. The molecule has 0 amide bonds. The summed E-state index contributed by atoms with van der Waals surface area (Å²) in [6.07, 6.45) is 2.86. The minimum absolute atomic E-state index is 0.0882. The molecule has 0 aliphatic carbocycles. The van der Waals surface area contributed by atoms with Crippen LogP contribution < -0.4 is 10.3 Å². The molecule has 0 unspecified atom stereocenters. The first kappa shape index (κ1) is 14.8. The van der Waals surface area contributed by atoms with Gasteiger partial charge in [0, 0.05) is 24.2 Å². The molecule has 6 heteroatoms. The molecule has 110 valence electrons. The first-order chi connectivity index (χ1) is 9.91. The van der Waals surface area contributed by atoms with Gasteiger partial charge in [-0.3, -0.25) is 14.3 Å². The van der Waals surface area contributed by atoms with Gasteiger partial charge in [0.25, 0.3) is 5.56 Å². The Hall–Kier alpha value is -2.63. The van der Waals surface area contributed by atoms with E-state index < -0.39 is 11.5 Å². The molecule has 0 radical (unpaired) electrons. The minimum Gasteiger partial charge on any atom is -0.490 e. The average Bonchev–Trinajstić information content (AvgIpc) is 2.38. The standard InChI is InChI=1S/C15H16N2O4/c1-9(2)21-12-8-10(3)17(11-4-6-16-7-5-11)14(18)13(12)15(19)20/h4-9H,1-3H3,(H,19,20). The molecule has 0 aromatic carbocycles. The number of carbonyl (C=O) groups is 1. The Morgan fingerprint density at radius 2 is 1.95 bits per heavy atom. The molecule has 2 aromatic rings. The zero-order valence-electron chi connectivity index (χ0n) is 12.0. The molecule has 2 rings (SSSR count). The number of aryl methyl sites for hydroxylation is 1. The number of carboxylic acids is 1. The Morgan fingerprint density at radius 3 is 2.48 bits per heavy atom. The number of aromatic nitrogens is 2. The van der Waals surface area contributed by atoms with Crippen LogP contribution in [0.2, 0.25) is 0 Å². The predicted molar refractivity (Wildman–Crippen MR) is 77.3 cm³/mol. The summed E-state index contributed by atoms with van der Waals surface area (Å²) in [6, 6.07) is 4.84. The summed E-state index contributed by atoms with van der Waals surface area (Å²) in [5.41, 5.74) is 0.161. The Balaban J connectivity index is 2.73. The van der Waals surface area contributed by atoms with Crippen molar-refractivity contribution in [3.63, 3.8) is 0 Å².